The highest BCUT2D eigenvalue weighted by Crippen LogP contribution is 2.10. The SMILES string of the molecule is CCNC(=NCc1ccc(C)c(F)c1)NCCN1CCN(CC)CC1. The van der Waals surface area contributed by atoms with E-state index in [0.29, 0.717) is 12.1 Å². The molecule has 1 aromatic rings. The summed E-state index contributed by atoms with van der Waals surface area (Å²) >= 11 is 0. The van der Waals surface area contributed by atoms with Crippen molar-refractivity contribution >= 4 is 5.96 Å². The molecule has 0 spiro atoms. The summed E-state index contributed by atoms with van der Waals surface area (Å²) in [7, 11) is 0. The number of likely N-dealkylation sites (N-methyl/N-ethyl adjacent to an activating group) is 1. The Morgan fingerprint density at radius 2 is 1.84 bits per heavy atom. The maximum Gasteiger partial charge on any atom is 0.191 e. The van der Waals surface area contributed by atoms with E-state index in [1.54, 1.807) is 19.1 Å². The number of hydrogen-bond donors (Lipinski definition) is 2. The lowest BCUT2D eigenvalue weighted by Gasteiger charge is -2.34. The van der Waals surface area contributed by atoms with Crippen LogP contribution in [0.5, 0.6) is 0 Å². The Bertz CT molecular complexity index is 553. The average Bonchev–Trinajstić information content (AvgIpc) is 2.63. The molecule has 0 aromatic heterocycles. The van der Waals surface area contributed by atoms with Crippen LogP contribution in [0.15, 0.2) is 23.2 Å². The first-order chi connectivity index (χ1) is 12.1. The molecule has 2 rings (SSSR count). The van der Waals surface area contributed by atoms with E-state index < -0.39 is 0 Å². The van der Waals surface area contributed by atoms with Crippen LogP contribution in [0.3, 0.4) is 0 Å². The van der Waals surface area contributed by atoms with Gasteiger partial charge in [-0.3, -0.25) is 4.90 Å². The van der Waals surface area contributed by atoms with E-state index in [0.717, 1.165) is 63.9 Å². The fourth-order valence-electron chi connectivity index (χ4n) is 2.91. The first-order valence-corrected chi connectivity index (χ1v) is 9.34. The zero-order valence-corrected chi connectivity index (χ0v) is 15.8. The number of hydrogen-bond acceptors (Lipinski definition) is 3. The second-order valence-electron chi connectivity index (χ2n) is 6.48. The van der Waals surface area contributed by atoms with Gasteiger partial charge in [0.15, 0.2) is 5.96 Å². The lowest BCUT2D eigenvalue weighted by Crippen LogP contribution is -2.49. The van der Waals surface area contributed by atoms with Crippen molar-refractivity contribution in [1.82, 2.24) is 20.4 Å². The molecule has 1 aliphatic heterocycles. The Hall–Kier alpha value is -1.66. The van der Waals surface area contributed by atoms with Gasteiger partial charge >= 0.3 is 0 Å². The smallest absolute Gasteiger partial charge is 0.191 e. The molecule has 0 bridgehead atoms. The molecule has 6 heteroatoms. The standard InChI is InChI=1S/C19H32FN5/c1-4-21-19(23-15-17-7-6-16(3)18(20)14-17)22-8-9-25-12-10-24(5-2)11-13-25/h6-7,14H,4-5,8-13,15H2,1-3H3,(H2,21,22,23). The Labute approximate surface area is 151 Å². The number of halogens is 1. The van der Waals surface area contributed by atoms with Gasteiger partial charge in [0, 0.05) is 45.8 Å². The van der Waals surface area contributed by atoms with Crippen molar-refractivity contribution in [2.24, 2.45) is 4.99 Å². The summed E-state index contributed by atoms with van der Waals surface area (Å²) in [4.78, 5) is 9.53. The van der Waals surface area contributed by atoms with Crippen LogP contribution in [-0.2, 0) is 6.54 Å². The molecule has 0 unspecified atom stereocenters. The number of aryl methyl sites for hydroxylation is 1. The highest BCUT2D eigenvalue weighted by atomic mass is 19.1. The molecule has 0 atom stereocenters. The molecule has 0 saturated carbocycles. The number of aliphatic imine (C=N–C) groups is 1. The van der Waals surface area contributed by atoms with Gasteiger partial charge in [0.2, 0.25) is 0 Å². The van der Waals surface area contributed by atoms with E-state index in [2.05, 4.69) is 32.3 Å². The highest BCUT2D eigenvalue weighted by Gasteiger charge is 2.14. The number of nitrogens with one attached hydrogen (secondary N) is 2. The summed E-state index contributed by atoms with van der Waals surface area (Å²) in [5, 5.41) is 6.63. The van der Waals surface area contributed by atoms with Gasteiger partial charge < -0.3 is 15.5 Å². The van der Waals surface area contributed by atoms with Gasteiger partial charge in [-0.1, -0.05) is 19.1 Å². The Balaban J connectivity index is 1.78. The second kappa shape index (κ2) is 10.4. The van der Waals surface area contributed by atoms with Crippen LogP contribution in [0.4, 0.5) is 4.39 Å². The molecule has 1 aromatic carbocycles. The van der Waals surface area contributed by atoms with Gasteiger partial charge in [-0.05, 0) is 37.6 Å². The summed E-state index contributed by atoms with van der Waals surface area (Å²) in [5.41, 5.74) is 1.55. The second-order valence-corrected chi connectivity index (χ2v) is 6.48. The predicted octanol–water partition coefficient (Wildman–Crippen LogP) is 1.83. The van der Waals surface area contributed by atoms with Crippen LogP contribution >= 0.6 is 0 Å². The summed E-state index contributed by atoms with van der Waals surface area (Å²) in [5.74, 6) is 0.618. The average molecular weight is 349 g/mol. The third-order valence-electron chi connectivity index (χ3n) is 4.63. The number of rotatable bonds is 7. The van der Waals surface area contributed by atoms with Crippen molar-refractivity contribution in [3.05, 3.63) is 35.1 Å². The first-order valence-electron chi connectivity index (χ1n) is 9.34. The number of guanidine groups is 1. The molecular formula is C19H32FN5. The Kier molecular flexibility index (Phi) is 8.15. The fraction of sp³-hybridized carbons (Fsp3) is 0.632. The van der Waals surface area contributed by atoms with Gasteiger partial charge in [0.25, 0.3) is 0 Å². The van der Waals surface area contributed by atoms with Crippen LogP contribution in [0, 0.1) is 12.7 Å². The van der Waals surface area contributed by atoms with E-state index in [4.69, 9.17) is 0 Å². The summed E-state index contributed by atoms with van der Waals surface area (Å²) in [6, 6.07) is 5.30. The van der Waals surface area contributed by atoms with Crippen molar-refractivity contribution in [3.63, 3.8) is 0 Å². The van der Waals surface area contributed by atoms with Gasteiger partial charge in [0.05, 0.1) is 6.54 Å². The molecule has 25 heavy (non-hydrogen) atoms. The van der Waals surface area contributed by atoms with Crippen LogP contribution in [0.2, 0.25) is 0 Å². The quantitative estimate of drug-likeness (QED) is 0.582. The minimum atomic E-state index is -0.170. The molecule has 0 aliphatic carbocycles. The van der Waals surface area contributed by atoms with E-state index in [9.17, 15) is 4.39 Å². The number of benzene rings is 1. The number of nitrogens with zero attached hydrogens (tertiary/aromatic N) is 3. The van der Waals surface area contributed by atoms with Gasteiger partial charge in [-0.25, -0.2) is 9.38 Å². The Morgan fingerprint density at radius 3 is 2.48 bits per heavy atom. The van der Waals surface area contributed by atoms with Crippen molar-refractivity contribution in [1.29, 1.82) is 0 Å². The summed E-state index contributed by atoms with van der Waals surface area (Å²) in [6.07, 6.45) is 0. The molecule has 2 N–H and O–H groups in total. The van der Waals surface area contributed by atoms with Crippen LogP contribution < -0.4 is 10.6 Å². The molecule has 0 amide bonds. The normalized spacial score (nSPS) is 16.9. The van der Waals surface area contributed by atoms with E-state index >= 15 is 0 Å². The predicted molar refractivity (Wildman–Crippen MR) is 103 cm³/mol. The minimum Gasteiger partial charge on any atom is -0.357 e. The first kappa shape index (κ1) is 19.7. The molecule has 1 aliphatic rings. The third kappa shape index (κ3) is 6.63. The zero-order chi connectivity index (χ0) is 18.1. The molecule has 1 heterocycles. The molecule has 140 valence electrons. The topological polar surface area (TPSA) is 42.9 Å². The van der Waals surface area contributed by atoms with Crippen molar-refractivity contribution in [2.75, 3.05) is 52.4 Å². The molecule has 1 fully saturated rings. The number of piperazine rings is 1. The van der Waals surface area contributed by atoms with Gasteiger partial charge in [-0.15, -0.1) is 0 Å². The van der Waals surface area contributed by atoms with Crippen LogP contribution in [0.25, 0.3) is 0 Å². The maximum absolute atomic E-state index is 13.6. The van der Waals surface area contributed by atoms with E-state index in [-0.39, 0.29) is 5.82 Å². The van der Waals surface area contributed by atoms with Crippen LogP contribution in [0.1, 0.15) is 25.0 Å². The largest absolute Gasteiger partial charge is 0.357 e. The summed E-state index contributed by atoms with van der Waals surface area (Å²) in [6.45, 7) is 14.9. The van der Waals surface area contributed by atoms with Gasteiger partial charge in [-0.2, -0.15) is 0 Å². The lowest BCUT2D eigenvalue weighted by atomic mass is 10.1. The van der Waals surface area contributed by atoms with E-state index in [1.807, 2.05) is 13.0 Å². The maximum atomic E-state index is 13.6. The molecular weight excluding hydrogens is 317 g/mol. The highest BCUT2D eigenvalue weighted by molar-refractivity contribution is 5.79. The monoisotopic (exact) mass is 349 g/mol. The van der Waals surface area contributed by atoms with Crippen molar-refractivity contribution < 1.29 is 4.39 Å². The molecule has 1 saturated heterocycles. The third-order valence-corrected chi connectivity index (χ3v) is 4.63. The minimum absolute atomic E-state index is 0.170. The molecule has 0 radical (unpaired) electrons. The van der Waals surface area contributed by atoms with Crippen molar-refractivity contribution in [2.45, 2.75) is 27.3 Å². The van der Waals surface area contributed by atoms with Crippen LogP contribution in [-0.4, -0.2) is 68.1 Å². The fourth-order valence-corrected chi connectivity index (χ4v) is 2.91. The Morgan fingerprint density at radius 1 is 1.12 bits per heavy atom. The molecule has 5 nitrogen and oxygen atoms in total. The summed E-state index contributed by atoms with van der Waals surface area (Å²) < 4.78 is 13.6. The zero-order valence-electron chi connectivity index (χ0n) is 15.8. The van der Waals surface area contributed by atoms with E-state index in [1.165, 1.54) is 0 Å². The lowest BCUT2D eigenvalue weighted by molar-refractivity contribution is 0.139. The van der Waals surface area contributed by atoms with Gasteiger partial charge in [0.1, 0.15) is 5.82 Å². The van der Waals surface area contributed by atoms with Crippen molar-refractivity contribution in [3.8, 4) is 0 Å².